The Labute approximate surface area is 190 Å². The normalized spacial score (nSPS) is 13.1. The van der Waals surface area contributed by atoms with Gasteiger partial charge in [-0.15, -0.1) is 0 Å². The molecule has 0 atom stereocenters. The SMILES string of the molecule is COC(=O)c1ccc(Nc2cc(N3CC(C(=O)Nc4ccccc4)C3)ccc2[N+](=O)[O-])cc1. The van der Waals surface area contributed by atoms with Crippen LogP contribution < -0.4 is 15.5 Å². The van der Waals surface area contributed by atoms with Gasteiger partial charge in [0, 0.05) is 36.2 Å². The van der Waals surface area contributed by atoms with Crippen molar-refractivity contribution in [2.45, 2.75) is 0 Å². The summed E-state index contributed by atoms with van der Waals surface area (Å²) in [7, 11) is 1.30. The molecule has 0 spiro atoms. The van der Waals surface area contributed by atoms with Crippen molar-refractivity contribution in [2.24, 2.45) is 5.92 Å². The van der Waals surface area contributed by atoms with Crippen LogP contribution in [0.5, 0.6) is 0 Å². The number of methoxy groups -OCH3 is 1. The van der Waals surface area contributed by atoms with Crippen LogP contribution in [0.15, 0.2) is 72.8 Å². The standard InChI is InChI=1S/C24H22N4O5/c1-33-24(30)16-7-9-19(10-8-16)25-21-13-20(11-12-22(21)28(31)32)27-14-17(15-27)23(29)26-18-5-3-2-4-6-18/h2-13,17,25H,14-15H2,1H3,(H,26,29). The van der Waals surface area contributed by atoms with E-state index in [2.05, 4.69) is 15.4 Å². The molecule has 1 amide bonds. The number of nitrogens with zero attached hydrogens (tertiary/aromatic N) is 2. The minimum Gasteiger partial charge on any atom is -0.465 e. The third-order valence-electron chi connectivity index (χ3n) is 5.42. The number of nitro benzene ring substituents is 1. The van der Waals surface area contributed by atoms with Crippen LogP contribution in [0, 0.1) is 16.0 Å². The number of hydrogen-bond donors (Lipinski definition) is 2. The van der Waals surface area contributed by atoms with Crippen LogP contribution in [0.25, 0.3) is 0 Å². The van der Waals surface area contributed by atoms with Crippen molar-refractivity contribution in [1.82, 2.24) is 0 Å². The van der Waals surface area contributed by atoms with E-state index in [0.717, 1.165) is 11.4 Å². The molecular weight excluding hydrogens is 424 g/mol. The van der Waals surface area contributed by atoms with Crippen molar-refractivity contribution < 1.29 is 19.2 Å². The van der Waals surface area contributed by atoms with Gasteiger partial charge in [0.05, 0.1) is 23.5 Å². The average molecular weight is 446 g/mol. The summed E-state index contributed by atoms with van der Waals surface area (Å²) in [5.41, 5.74) is 2.74. The zero-order valence-corrected chi connectivity index (χ0v) is 17.9. The molecule has 4 rings (SSSR count). The Morgan fingerprint density at radius 3 is 2.33 bits per heavy atom. The van der Waals surface area contributed by atoms with Crippen molar-refractivity contribution in [2.75, 3.05) is 35.7 Å². The predicted octanol–water partition coefficient (Wildman–Crippen LogP) is 4.20. The van der Waals surface area contributed by atoms with E-state index in [1.165, 1.54) is 13.2 Å². The van der Waals surface area contributed by atoms with Gasteiger partial charge in [0.15, 0.2) is 0 Å². The number of para-hydroxylation sites is 1. The topological polar surface area (TPSA) is 114 Å². The highest BCUT2D eigenvalue weighted by Crippen LogP contribution is 2.34. The van der Waals surface area contributed by atoms with Crippen molar-refractivity contribution in [3.63, 3.8) is 0 Å². The van der Waals surface area contributed by atoms with Crippen LogP contribution in [-0.2, 0) is 9.53 Å². The third-order valence-corrected chi connectivity index (χ3v) is 5.42. The van der Waals surface area contributed by atoms with Crippen LogP contribution >= 0.6 is 0 Å². The lowest BCUT2D eigenvalue weighted by Gasteiger charge is -2.40. The first-order valence-corrected chi connectivity index (χ1v) is 10.3. The monoisotopic (exact) mass is 446 g/mol. The van der Waals surface area contributed by atoms with Crippen molar-refractivity contribution in [3.05, 3.63) is 88.5 Å². The van der Waals surface area contributed by atoms with Gasteiger partial charge in [-0.3, -0.25) is 14.9 Å². The highest BCUT2D eigenvalue weighted by molar-refractivity contribution is 5.94. The quantitative estimate of drug-likeness (QED) is 0.318. The molecule has 3 aromatic carbocycles. The Morgan fingerprint density at radius 2 is 1.70 bits per heavy atom. The van der Waals surface area contributed by atoms with Gasteiger partial charge in [-0.2, -0.15) is 0 Å². The summed E-state index contributed by atoms with van der Waals surface area (Å²) in [6, 6.07) is 20.5. The Morgan fingerprint density at radius 1 is 1.00 bits per heavy atom. The summed E-state index contributed by atoms with van der Waals surface area (Å²) in [5, 5.41) is 17.5. The zero-order chi connectivity index (χ0) is 23.4. The number of carbonyl (C=O) groups is 2. The molecule has 2 N–H and O–H groups in total. The second kappa shape index (κ2) is 9.39. The van der Waals surface area contributed by atoms with Gasteiger partial charge in [-0.25, -0.2) is 4.79 Å². The van der Waals surface area contributed by atoms with E-state index in [4.69, 9.17) is 0 Å². The van der Waals surface area contributed by atoms with Crippen molar-refractivity contribution in [1.29, 1.82) is 0 Å². The van der Waals surface area contributed by atoms with E-state index in [-0.39, 0.29) is 17.5 Å². The molecular formula is C24H22N4O5. The highest BCUT2D eigenvalue weighted by atomic mass is 16.6. The maximum Gasteiger partial charge on any atom is 0.337 e. The molecule has 0 aliphatic carbocycles. The fourth-order valence-electron chi connectivity index (χ4n) is 3.56. The number of anilines is 4. The summed E-state index contributed by atoms with van der Waals surface area (Å²) < 4.78 is 4.68. The first kappa shape index (κ1) is 21.8. The number of hydrogen-bond acceptors (Lipinski definition) is 7. The van der Waals surface area contributed by atoms with Gasteiger partial charge < -0.3 is 20.3 Å². The number of rotatable bonds is 7. The molecule has 0 unspecified atom stereocenters. The minimum atomic E-state index is -0.460. The van der Waals surface area contributed by atoms with E-state index in [9.17, 15) is 19.7 Å². The largest absolute Gasteiger partial charge is 0.465 e. The molecule has 9 heteroatoms. The fraction of sp³-hybridized carbons (Fsp3) is 0.167. The molecule has 0 saturated carbocycles. The van der Waals surface area contributed by atoms with Crippen LogP contribution in [0.3, 0.4) is 0 Å². The number of carbonyl (C=O) groups excluding carboxylic acids is 2. The van der Waals surface area contributed by atoms with E-state index in [1.807, 2.05) is 35.2 Å². The Hall–Kier alpha value is -4.40. The number of nitro groups is 1. The van der Waals surface area contributed by atoms with Gasteiger partial charge in [0.25, 0.3) is 5.69 Å². The molecule has 0 aromatic heterocycles. The fourth-order valence-corrected chi connectivity index (χ4v) is 3.56. The summed E-state index contributed by atoms with van der Waals surface area (Å²) in [6.07, 6.45) is 0. The molecule has 1 aliphatic heterocycles. The Kier molecular flexibility index (Phi) is 6.21. The molecule has 1 heterocycles. The Balaban J connectivity index is 1.45. The van der Waals surface area contributed by atoms with Gasteiger partial charge in [0.1, 0.15) is 5.69 Å². The molecule has 168 valence electrons. The summed E-state index contributed by atoms with van der Waals surface area (Å²) in [6.45, 7) is 1.04. The van der Waals surface area contributed by atoms with Crippen LogP contribution in [0.1, 0.15) is 10.4 Å². The molecule has 0 radical (unpaired) electrons. The smallest absolute Gasteiger partial charge is 0.337 e. The van der Waals surface area contributed by atoms with Crippen LogP contribution in [0.2, 0.25) is 0 Å². The lowest BCUT2D eigenvalue weighted by molar-refractivity contribution is -0.383. The lowest BCUT2D eigenvalue weighted by Crippen LogP contribution is -2.52. The predicted molar refractivity (Wildman–Crippen MR) is 125 cm³/mol. The minimum absolute atomic E-state index is 0.0524. The summed E-state index contributed by atoms with van der Waals surface area (Å²) >= 11 is 0. The maximum atomic E-state index is 12.4. The van der Waals surface area contributed by atoms with E-state index >= 15 is 0 Å². The van der Waals surface area contributed by atoms with Crippen LogP contribution in [0.4, 0.5) is 28.4 Å². The summed E-state index contributed by atoms with van der Waals surface area (Å²) in [4.78, 5) is 37.1. The molecule has 3 aromatic rings. The van der Waals surface area contributed by atoms with Gasteiger partial charge >= 0.3 is 5.97 Å². The van der Waals surface area contributed by atoms with E-state index in [1.54, 1.807) is 36.4 Å². The van der Waals surface area contributed by atoms with Crippen LogP contribution in [-0.4, -0.2) is 37.0 Å². The second-order valence-corrected chi connectivity index (χ2v) is 7.61. The Bertz CT molecular complexity index is 1180. The lowest BCUT2D eigenvalue weighted by atomic mass is 9.97. The third kappa shape index (κ3) is 4.93. The van der Waals surface area contributed by atoms with E-state index in [0.29, 0.717) is 30.0 Å². The number of benzene rings is 3. The number of amides is 1. The molecule has 1 saturated heterocycles. The number of nitrogens with one attached hydrogen (secondary N) is 2. The molecule has 33 heavy (non-hydrogen) atoms. The highest BCUT2D eigenvalue weighted by Gasteiger charge is 2.33. The maximum absolute atomic E-state index is 12.4. The van der Waals surface area contributed by atoms with Crippen molar-refractivity contribution in [3.8, 4) is 0 Å². The van der Waals surface area contributed by atoms with E-state index < -0.39 is 10.9 Å². The molecule has 0 bridgehead atoms. The molecule has 1 fully saturated rings. The second-order valence-electron chi connectivity index (χ2n) is 7.61. The average Bonchev–Trinajstić information content (AvgIpc) is 2.78. The van der Waals surface area contributed by atoms with Gasteiger partial charge in [-0.05, 0) is 48.5 Å². The first-order valence-electron chi connectivity index (χ1n) is 10.3. The molecule has 1 aliphatic rings. The summed E-state index contributed by atoms with van der Waals surface area (Å²) in [5.74, 6) is -0.677. The van der Waals surface area contributed by atoms with Crippen molar-refractivity contribution >= 4 is 40.3 Å². The number of ether oxygens (including phenoxy) is 1. The van der Waals surface area contributed by atoms with Gasteiger partial charge in [-0.1, -0.05) is 18.2 Å². The number of esters is 1. The first-order chi connectivity index (χ1) is 15.9. The molecule has 9 nitrogen and oxygen atoms in total. The van der Waals surface area contributed by atoms with Gasteiger partial charge in [0.2, 0.25) is 5.91 Å². The zero-order valence-electron chi connectivity index (χ0n) is 17.9.